The number of anilines is 1. The zero-order valence-corrected chi connectivity index (χ0v) is 15.0. The number of amides is 1. The summed E-state index contributed by atoms with van der Waals surface area (Å²) >= 11 is 0. The molecule has 2 unspecified atom stereocenters. The molecular formula is C19H25N3O2. The lowest BCUT2D eigenvalue weighted by molar-refractivity contribution is -0.118. The third-order valence-corrected chi connectivity index (χ3v) is 4.78. The smallest absolute Gasteiger partial charge is 0.229 e. The summed E-state index contributed by atoms with van der Waals surface area (Å²) in [7, 11) is 0. The van der Waals surface area contributed by atoms with Crippen molar-refractivity contribution >= 4 is 11.7 Å². The molecule has 0 bridgehead atoms. The van der Waals surface area contributed by atoms with Crippen LogP contribution >= 0.6 is 0 Å². The van der Waals surface area contributed by atoms with Gasteiger partial charge in [0, 0.05) is 6.07 Å². The Morgan fingerprint density at radius 2 is 2.12 bits per heavy atom. The van der Waals surface area contributed by atoms with Crippen LogP contribution in [0.5, 0.6) is 0 Å². The van der Waals surface area contributed by atoms with Gasteiger partial charge in [-0.1, -0.05) is 25.5 Å². The van der Waals surface area contributed by atoms with Gasteiger partial charge < -0.3 is 9.73 Å². The highest BCUT2D eigenvalue weighted by atomic mass is 16.3. The monoisotopic (exact) mass is 327 g/mol. The van der Waals surface area contributed by atoms with Gasteiger partial charge in [-0.25, -0.2) is 4.68 Å². The molecule has 5 heteroatoms. The Morgan fingerprint density at radius 1 is 1.38 bits per heavy atom. The molecule has 0 aromatic carbocycles. The second kappa shape index (κ2) is 5.96. The highest BCUT2D eigenvalue weighted by Gasteiger charge is 2.60. The van der Waals surface area contributed by atoms with Crippen LogP contribution in [0, 0.1) is 24.2 Å². The van der Waals surface area contributed by atoms with E-state index in [4.69, 9.17) is 4.42 Å². The average Bonchev–Trinajstić information content (AvgIpc) is 2.87. The highest BCUT2D eigenvalue weighted by Crippen LogP contribution is 2.59. The number of furan rings is 1. The van der Waals surface area contributed by atoms with E-state index in [1.807, 2.05) is 25.1 Å². The number of nitrogens with zero attached hydrogens (tertiary/aromatic N) is 2. The number of allylic oxidation sites excluding steroid dienone is 2. The first-order valence-corrected chi connectivity index (χ1v) is 8.32. The van der Waals surface area contributed by atoms with Gasteiger partial charge in [-0.2, -0.15) is 5.10 Å². The van der Waals surface area contributed by atoms with Crippen molar-refractivity contribution < 1.29 is 9.21 Å². The second-order valence-electron chi connectivity index (χ2n) is 7.44. The Kier molecular flexibility index (Phi) is 4.11. The molecule has 1 aliphatic carbocycles. The fraction of sp³-hybridized carbons (Fsp3) is 0.474. The van der Waals surface area contributed by atoms with Crippen molar-refractivity contribution in [3.05, 3.63) is 47.6 Å². The molecule has 0 saturated heterocycles. The summed E-state index contributed by atoms with van der Waals surface area (Å²) < 4.78 is 7.34. The molecule has 0 aliphatic heterocycles. The minimum absolute atomic E-state index is 0.00149. The summed E-state index contributed by atoms with van der Waals surface area (Å²) in [6, 6.07) is 5.67. The van der Waals surface area contributed by atoms with E-state index in [0.717, 1.165) is 11.5 Å². The summed E-state index contributed by atoms with van der Waals surface area (Å²) in [5, 5.41) is 7.32. The van der Waals surface area contributed by atoms with Gasteiger partial charge in [0.15, 0.2) is 0 Å². The number of nitrogens with one attached hydrogen (secondary N) is 1. The molecule has 5 nitrogen and oxygen atoms in total. The predicted octanol–water partition coefficient (Wildman–Crippen LogP) is 4.01. The Balaban J connectivity index is 1.70. The van der Waals surface area contributed by atoms with E-state index in [1.165, 1.54) is 5.57 Å². The van der Waals surface area contributed by atoms with E-state index in [-0.39, 0.29) is 17.2 Å². The minimum atomic E-state index is 0.00149. The van der Waals surface area contributed by atoms with Gasteiger partial charge in [-0.15, -0.1) is 0 Å². The maximum Gasteiger partial charge on any atom is 0.229 e. The standard InChI is InChI=1S/C19H25N3O2/c1-12(2)10-15-17(19(15,4)5)18(23)21-16-8-9-20-22(16)11-14-7-6-13(3)24-14/h6-10,15,17H,11H2,1-5H3,(H,21,23). The molecule has 2 heterocycles. The molecule has 1 N–H and O–H groups in total. The maximum atomic E-state index is 12.7. The van der Waals surface area contributed by atoms with Crippen LogP contribution in [0.1, 0.15) is 39.2 Å². The number of carbonyl (C=O) groups excluding carboxylic acids is 1. The van der Waals surface area contributed by atoms with Crippen molar-refractivity contribution in [1.29, 1.82) is 0 Å². The zero-order chi connectivity index (χ0) is 17.5. The van der Waals surface area contributed by atoms with E-state index in [1.54, 1.807) is 10.9 Å². The van der Waals surface area contributed by atoms with Crippen LogP contribution in [-0.4, -0.2) is 15.7 Å². The van der Waals surface area contributed by atoms with Crippen LogP contribution in [0.2, 0.25) is 0 Å². The molecule has 0 spiro atoms. The quantitative estimate of drug-likeness (QED) is 0.844. The summed E-state index contributed by atoms with van der Waals surface area (Å²) in [5.41, 5.74) is 1.26. The third kappa shape index (κ3) is 3.16. The van der Waals surface area contributed by atoms with Crippen LogP contribution < -0.4 is 5.32 Å². The molecule has 1 saturated carbocycles. The molecular weight excluding hydrogens is 302 g/mol. The van der Waals surface area contributed by atoms with Gasteiger partial charge in [-0.3, -0.25) is 4.79 Å². The van der Waals surface area contributed by atoms with Crippen molar-refractivity contribution in [3.63, 3.8) is 0 Å². The van der Waals surface area contributed by atoms with Gasteiger partial charge in [0.25, 0.3) is 0 Å². The van der Waals surface area contributed by atoms with Crippen LogP contribution in [0.25, 0.3) is 0 Å². The van der Waals surface area contributed by atoms with Crippen LogP contribution in [-0.2, 0) is 11.3 Å². The van der Waals surface area contributed by atoms with Gasteiger partial charge in [0.05, 0.1) is 12.1 Å². The van der Waals surface area contributed by atoms with Gasteiger partial charge in [-0.05, 0) is 44.2 Å². The lowest BCUT2D eigenvalue weighted by Gasteiger charge is -2.08. The Hall–Kier alpha value is -2.30. The van der Waals surface area contributed by atoms with Crippen molar-refractivity contribution in [1.82, 2.24) is 9.78 Å². The molecule has 1 aliphatic rings. The maximum absolute atomic E-state index is 12.7. The Morgan fingerprint density at radius 3 is 2.75 bits per heavy atom. The number of carbonyl (C=O) groups is 1. The van der Waals surface area contributed by atoms with Gasteiger partial charge in [0.2, 0.25) is 5.91 Å². The predicted molar refractivity (Wildman–Crippen MR) is 93.6 cm³/mol. The first-order chi connectivity index (χ1) is 11.3. The number of rotatable bonds is 5. The van der Waals surface area contributed by atoms with E-state index in [9.17, 15) is 4.79 Å². The Labute approximate surface area is 142 Å². The number of hydrogen-bond acceptors (Lipinski definition) is 3. The molecule has 1 amide bonds. The van der Waals surface area contributed by atoms with Crippen LogP contribution in [0.4, 0.5) is 5.82 Å². The molecule has 0 radical (unpaired) electrons. The molecule has 2 atom stereocenters. The number of hydrogen-bond donors (Lipinski definition) is 1. The molecule has 2 aromatic rings. The topological polar surface area (TPSA) is 60.1 Å². The van der Waals surface area contributed by atoms with Crippen molar-refractivity contribution in [2.75, 3.05) is 5.32 Å². The first kappa shape index (κ1) is 16.6. The summed E-state index contributed by atoms with van der Waals surface area (Å²) in [6.07, 6.45) is 3.89. The first-order valence-electron chi connectivity index (χ1n) is 8.32. The molecule has 1 fully saturated rings. The molecule has 2 aromatic heterocycles. The lowest BCUT2D eigenvalue weighted by Crippen LogP contribution is -2.19. The van der Waals surface area contributed by atoms with Crippen molar-refractivity contribution in [3.8, 4) is 0 Å². The summed E-state index contributed by atoms with van der Waals surface area (Å²) in [6.45, 7) is 10.8. The molecule has 3 rings (SSSR count). The van der Waals surface area contributed by atoms with E-state index in [2.05, 4.69) is 44.2 Å². The summed E-state index contributed by atoms with van der Waals surface area (Å²) in [5.74, 6) is 2.74. The minimum Gasteiger partial charge on any atom is -0.464 e. The molecule has 128 valence electrons. The Bertz CT molecular complexity index is 778. The van der Waals surface area contributed by atoms with Crippen molar-refractivity contribution in [2.24, 2.45) is 17.3 Å². The molecule has 24 heavy (non-hydrogen) atoms. The van der Waals surface area contributed by atoms with Gasteiger partial charge in [0.1, 0.15) is 23.9 Å². The average molecular weight is 327 g/mol. The van der Waals surface area contributed by atoms with Gasteiger partial charge >= 0.3 is 0 Å². The van der Waals surface area contributed by atoms with E-state index in [0.29, 0.717) is 18.3 Å². The second-order valence-corrected chi connectivity index (χ2v) is 7.44. The zero-order valence-electron chi connectivity index (χ0n) is 15.0. The van der Waals surface area contributed by atoms with E-state index >= 15 is 0 Å². The largest absolute Gasteiger partial charge is 0.464 e. The fourth-order valence-corrected chi connectivity index (χ4v) is 3.34. The van der Waals surface area contributed by atoms with E-state index < -0.39 is 0 Å². The third-order valence-electron chi connectivity index (χ3n) is 4.78. The SMILES string of the molecule is CC(C)=CC1C(C(=O)Nc2ccnn2Cc2ccc(C)o2)C1(C)C. The number of aromatic nitrogens is 2. The van der Waals surface area contributed by atoms with Crippen molar-refractivity contribution in [2.45, 2.75) is 41.2 Å². The summed E-state index contributed by atoms with van der Waals surface area (Å²) in [4.78, 5) is 12.7. The number of aryl methyl sites for hydroxylation is 1. The highest BCUT2D eigenvalue weighted by molar-refractivity contribution is 5.95. The van der Waals surface area contributed by atoms with Crippen LogP contribution in [0.15, 0.2) is 40.5 Å². The fourth-order valence-electron chi connectivity index (χ4n) is 3.34. The van der Waals surface area contributed by atoms with Crippen LogP contribution in [0.3, 0.4) is 0 Å². The normalized spacial score (nSPS) is 21.4. The lowest BCUT2D eigenvalue weighted by atomic mass is 10.1.